The van der Waals surface area contributed by atoms with Crippen LogP contribution in [0.3, 0.4) is 0 Å². The van der Waals surface area contributed by atoms with E-state index in [1.165, 1.54) is 0 Å². The number of H-pyrrole nitrogens is 1. The van der Waals surface area contributed by atoms with Gasteiger partial charge in [0.2, 0.25) is 0 Å². The molecule has 0 atom stereocenters. The zero-order chi connectivity index (χ0) is 19.6. The Morgan fingerprint density at radius 3 is 2.36 bits per heavy atom. The summed E-state index contributed by atoms with van der Waals surface area (Å²) in [5, 5.41) is 7.10. The third-order valence-corrected chi connectivity index (χ3v) is 5.54. The van der Waals surface area contributed by atoms with Crippen LogP contribution in [-0.4, -0.2) is 28.6 Å². The highest BCUT2D eigenvalue weighted by molar-refractivity contribution is 7.92. The Hall–Kier alpha value is -3.52. The molecule has 8 heteroatoms. The van der Waals surface area contributed by atoms with Crippen molar-refractivity contribution in [1.29, 1.82) is 0 Å². The first-order valence-electron chi connectivity index (χ1n) is 8.54. The summed E-state index contributed by atoms with van der Waals surface area (Å²) in [4.78, 5) is 8.75. The number of nitrogens with one attached hydrogen (secondary N) is 2. The number of aromatic amines is 1. The van der Waals surface area contributed by atoms with E-state index in [0.717, 1.165) is 16.7 Å². The maximum Gasteiger partial charge on any atom is 0.261 e. The highest BCUT2D eigenvalue weighted by Gasteiger charge is 2.14. The van der Waals surface area contributed by atoms with Crippen molar-refractivity contribution in [3.8, 4) is 22.8 Å². The van der Waals surface area contributed by atoms with E-state index in [0.29, 0.717) is 17.3 Å². The smallest absolute Gasteiger partial charge is 0.261 e. The van der Waals surface area contributed by atoms with Gasteiger partial charge >= 0.3 is 0 Å². The van der Waals surface area contributed by atoms with E-state index in [2.05, 4.69) is 24.9 Å². The lowest BCUT2D eigenvalue weighted by molar-refractivity contribution is 0.601. The van der Waals surface area contributed by atoms with E-state index in [4.69, 9.17) is 0 Å². The minimum absolute atomic E-state index is 0.221. The number of rotatable bonds is 5. The van der Waals surface area contributed by atoms with E-state index in [9.17, 15) is 8.42 Å². The second-order valence-electron chi connectivity index (χ2n) is 6.25. The van der Waals surface area contributed by atoms with Gasteiger partial charge in [-0.15, -0.1) is 0 Å². The van der Waals surface area contributed by atoms with Crippen LogP contribution >= 0.6 is 0 Å². The number of hydrogen-bond acceptors (Lipinski definition) is 5. The monoisotopic (exact) mass is 391 g/mol. The minimum Gasteiger partial charge on any atom is -0.280 e. The molecule has 0 saturated heterocycles. The van der Waals surface area contributed by atoms with Crippen molar-refractivity contribution in [1.82, 2.24) is 20.2 Å². The van der Waals surface area contributed by atoms with Gasteiger partial charge in [-0.25, -0.2) is 13.4 Å². The van der Waals surface area contributed by atoms with Crippen molar-refractivity contribution in [3.63, 3.8) is 0 Å². The van der Waals surface area contributed by atoms with Crippen LogP contribution in [0.5, 0.6) is 0 Å². The summed E-state index contributed by atoms with van der Waals surface area (Å²) in [5.74, 6) is 1.14. The SMILES string of the molecule is Cc1ccc(S(=O)(=O)Nc2ccc(-c3nc(-c4cccnc4)n[nH]3)cc2)cc1. The second-order valence-corrected chi connectivity index (χ2v) is 7.93. The van der Waals surface area contributed by atoms with Crippen molar-refractivity contribution in [3.05, 3.63) is 78.6 Å². The van der Waals surface area contributed by atoms with Gasteiger partial charge in [0.15, 0.2) is 11.6 Å². The van der Waals surface area contributed by atoms with Gasteiger partial charge in [0.05, 0.1) is 4.90 Å². The zero-order valence-corrected chi connectivity index (χ0v) is 15.8. The first-order chi connectivity index (χ1) is 13.5. The lowest BCUT2D eigenvalue weighted by Crippen LogP contribution is -2.12. The van der Waals surface area contributed by atoms with Crippen LogP contribution in [-0.2, 0) is 10.0 Å². The van der Waals surface area contributed by atoms with Crippen LogP contribution in [0.1, 0.15) is 5.56 Å². The quantitative estimate of drug-likeness (QED) is 0.541. The molecule has 0 aliphatic heterocycles. The molecule has 7 nitrogen and oxygen atoms in total. The van der Waals surface area contributed by atoms with Gasteiger partial charge in [-0.3, -0.25) is 14.8 Å². The second kappa shape index (κ2) is 7.24. The van der Waals surface area contributed by atoms with Crippen molar-refractivity contribution < 1.29 is 8.42 Å². The first-order valence-corrected chi connectivity index (χ1v) is 10.0. The fraction of sp³-hybridized carbons (Fsp3) is 0.0500. The molecule has 2 N–H and O–H groups in total. The minimum atomic E-state index is -3.63. The number of anilines is 1. The molecule has 0 bridgehead atoms. The summed E-state index contributed by atoms with van der Waals surface area (Å²) in [7, 11) is -3.63. The molecule has 2 aromatic carbocycles. The molecule has 4 aromatic rings. The van der Waals surface area contributed by atoms with Crippen molar-refractivity contribution in [2.75, 3.05) is 4.72 Å². The third kappa shape index (κ3) is 3.77. The molecule has 0 aliphatic rings. The number of benzene rings is 2. The van der Waals surface area contributed by atoms with Gasteiger partial charge in [-0.05, 0) is 55.5 Å². The van der Waals surface area contributed by atoms with Crippen molar-refractivity contribution in [2.45, 2.75) is 11.8 Å². The molecular formula is C20H17N5O2S. The van der Waals surface area contributed by atoms with Gasteiger partial charge in [-0.1, -0.05) is 17.7 Å². The molecule has 140 valence electrons. The number of sulfonamides is 1. The average Bonchev–Trinajstić information content (AvgIpc) is 3.19. The molecule has 2 aromatic heterocycles. The van der Waals surface area contributed by atoms with Gasteiger partial charge in [0, 0.05) is 29.2 Å². The van der Waals surface area contributed by atoms with E-state index < -0.39 is 10.0 Å². The fourth-order valence-corrected chi connectivity index (χ4v) is 3.70. The largest absolute Gasteiger partial charge is 0.280 e. The summed E-state index contributed by atoms with van der Waals surface area (Å²) in [6.45, 7) is 1.91. The maximum atomic E-state index is 12.5. The van der Waals surface area contributed by atoms with E-state index >= 15 is 0 Å². The molecule has 0 saturated carbocycles. The normalized spacial score (nSPS) is 11.3. The van der Waals surface area contributed by atoms with Gasteiger partial charge in [0.1, 0.15) is 0 Å². The molecule has 28 heavy (non-hydrogen) atoms. The predicted octanol–water partition coefficient (Wildman–Crippen LogP) is 3.64. The Morgan fingerprint density at radius 1 is 0.929 bits per heavy atom. The molecule has 0 fully saturated rings. The van der Waals surface area contributed by atoms with Crippen molar-refractivity contribution >= 4 is 15.7 Å². The van der Waals surface area contributed by atoms with Crippen LogP contribution < -0.4 is 4.72 Å². The standard InChI is InChI=1S/C20H17N5O2S/c1-14-4-10-18(11-5-14)28(26,27)25-17-8-6-15(7-9-17)19-22-20(24-23-19)16-3-2-12-21-13-16/h2-13,25H,1H3,(H,22,23,24). The van der Waals surface area contributed by atoms with Gasteiger partial charge in [0.25, 0.3) is 10.0 Å². The molecule has 0 spiro atoms. The van der Waals surface area contributed by atoms with Crippen LogP contribution in [0.25, 0.3) is 22.8 Å². The Kier molecular flexibility index (Phi) is 4.62. The molecular weight excluding hydrogens is 374 g/mol. The molecule has 4 rings (SSSR count). The zero-order valence-electron chi connectivity index (χ0n) is 15.0. The summed E-state index contributed by atoms with van der Waals surface area (Å²) in [6.07, 6.45) is 3.38. The number of aromatic nitrogens is 4. The van der Waals surface area contributed by atoms with Crippen LogP contribution in [0, 0.1) is 6.92 Å². The summed E-state index contributed by atoms with van der Waals surface area (Å²) in [6, 6.07) is 17.3. The summed E-state index contributed by atoms with van der Waals surface area (Å²) < 4.78 is 27.5. The molecule has 0 aliphatic carbocycles. The van der Waals surface area contributed by atoms with Crippen LogP contribution in [0.2, 0.25) is 0 Å². The highest BCUT2D eigenvalue weighted by atomic mass is 32.2. The highest BCUT2D eigenvalue weighted by Crippen LogP contribution is 2.22. The Balaban J connectivity index is 1.53. The lowest BCUT2D eigenvalue weighted by atomic mass is 10.2. The number of nitrogens with zero attached hydrogens (tertiary/aromatic N) is 3. The average molecular weight is 391 g/mol. The molecule has 0 amide bonds. The van der Waals surface area contributed by atoms with E-state index in [-0.39, 0.29) is 4.90 Å². The maximum absolute atomic E-state index is 12.5. The van der Waals surface area contributed by atoms with E-state index in [1.54, 1.807) is 60.9 Å². The first kappa shape index (κ1) is 17.9. The molecule has 0 radical (unpaired) electrons. The van der Waals surface area contributed by atoms with Crippen molar-refractivity contribution in [2.24, 2.45) is 0 Å². The number of pyridine rings is 1. The van der Waals surface area contributed by atoms with Gasteiger partial charge < -0.3 is 0 Å². The topological polar surface area (TPSA) is 101 Å². The van der Waals surface area contributed by atoms with Gasteiger partial charge in [-0.2, -0.15) is 5.10 Å². The fourth-order valence-electron chi connectivity index (χ4n) is 2.64. The van der Waals surface area contributed by atoms with Crippen LogP contribution in [0.15, 0.2) is 78.0 Å². The molecule has 0 unspecified atom stereocenters. The lowest BCUT2D eigenvalue weighted by Gasteiger charge is -2.08. The Bertz CT molecular complexity index is 1190. The summed E-state index contributed by atoms with van der Waals surface area (Å²) in [5.41, 5.74) is 3.07. The predicted molar refractivity (Wildman–Crippen MR) is 107 cm³/mol. The number of hydrogen-bond donors (Lipinski definition) is 2. The molecule has 2 heterocycles. The Morgan fingerprint density at radius 2 is 1.68 bits per heavy atom. The Labute approximate surface area is 162 Å². The third-order valence-electron chi connectivity index (χ3n) is 4.15. The van der Waals surface area contributed by atoms with Crippen LogP contribution in [0.4, 0.5) is 5.69 Å². The number of aryl methyl sites for hydroxylation is 1. The summed E-state index contributed by atoms with van der Waals surface area (Å²) >= 11 is 0. The van der Waals surface area contributed by atoms with E-state index in [1.807, 2.05) is 19.1 Å².